The van der Waals surface area contributed by atoms with Gasteiger partial charge in [0.05, 0.1) is 12.2 Å². The Morgan fingerprint density at radius 2 is 1.87 bits per heavy atom. The standard InChI is InChI=1S/C18H26O3SSi/c1-8-20-17(19)13-10-15(21-23(6,7)18(3,4)5)14-9-12(2)22-16(14)11-13/h9-11H,8H2,1-7H3. The molecule has 1 aromatic heterocycles. The zero-order valence-corrected chi connectivity index (χ0v) is 16.9. The van der Waals surface area contributed by atoms with Crippen molar-refractivity contribution in [2.24, 2.45) is 0 Å². The minimum atomic E-state index is -1.98. The lowest BCUT2D eigenvalue weighted by atomic mass is 10.1. The summed E-state index contributed by atoms with van der Waals surface area (Å²) in [4.78, 5) is 13.4. The monoisotopic (exact) mass is 350 g/mol. The lowest BCUT2D eigenvalue weighted by Gasteiger charge is -2.36. The molecule has 0 fully saturated rings. The van der Waals surface area contributed by atoms with Gasteiger partial charge in [0.15, 0.2) is 0 Å². The first kappa shape index (κ1) is 18.0. The predicted octanol–water partition coefficient (Wildman–Crippen LogP) is 5.77. The topological polar surface area (TPSA) is 35.5 Å². The van der Waals surface area contributed by atoms with Gasteiger partial charge in [-0.1, -0.05) is 20.8 Å². The van der Waals surface area contributed by atoms with E-state index in [2.05, 4.69) is 46.9 Å². The first-order chi connectivity index (χ1) is 10.5. The molecule has 0 unspecified atom stereocenters. The number of hydrogen-bond acceptors (Lipinski definition) is 4. The lowest BCUT2D eigenvalue weighted by molar-refractivity contribution is 0.0526. The van der Waals surface area contributed by atoms with Gasteiger partial charge in [-0.2, -0.15) is 0 Å². The van der Waals surface area contributed by atoms with Gasteiger partial charge in [-0.3, -0.25) is 0 Å². The molecule has 2 rings (SSSR count). The summed E-state index contributed by atoms with van der Waals surface area (Å²) >= 11 is 1.68. The van der Waals surface area contributed by atoms with Gasteiger partial charge < -0.3 is 9.16 Å². The highest BCUT2D eigenvalue weighted by Gasteiger charge is 2.39. The third kappa shape index (κ3) is 3.78. The number of carbonyl (C=O) groups excluding carboxylic acids is 1. The molecule has 1 heterocycles. The fourth-order valence-electron chi connectivity index (χ4n) is 2.08. The van der Waals surface area contributed by atoms with Gasteiger partial charge in [-0.25, -0.2) is 4.79 Å². The summed E-state index contributed by atoms with van der Waals surface area (Å²) in [5, 5.41) is 1.19. The van der Waals surface area contributed by atoms with Crippen LogP contribution in [0.15, 0.2) is 18.2 Å². The van der Waals surface area contributed by atoms with E-state index in [1.807, 2.05) is 19.1 Å². The van der Waals surface area contributed by atoms with Crippen LogP contribution in [0.25, 0.3) is 10.1 Å². The van der Waals surface area contributed by atoms with E-state index >= 15 is 0 Å². The molecule has 3 nitrogen and oxygen atoms in total. The van der Waals surface area contributed by atoms with E-state index in [0.717, 1.165) is 15.8 Å². The Balaban J connectivity index is 2.54. The Labute approximate surface area is 143 Å². The van der Waals surface area contributed by atoms with E-state index in [1.165, 1.54) is 4.88 Å². The smallest absolute Gasteiger partial charge is 0.338 e. The maximum Gasteiger partial charge on any atom is 0.338 e. The zero-order valence-electron chi connectivity index (χ0n) is 15.1. The van der Waals surface area contributed by atoms with Crippen LogP contribution in [-0.2, 0) is 4.74 Å². The fourth-order valence-corrected chi connectivity index (χ4v) is 4.08. The predicted molar refractivity (Wildman–Crippen MR) is 100 cm³/mol. The van der Waals surface area contributed by atoms with E-state index in [9.17, 15) is 4.79 Å². The molecule has 0 aliphatic carbocycles. The molecule has 0 bridgehead atoms. The first-order valence-corrected chi connectivity index (χ1v) is 11.7. The van der Waals surface area contributed by atoms with Gasteiger partial charge in [0, 0.05) is 15.0 Å². The number of rotatable bonds is 4. The van der Waals surface area contributed by atoms with E-state index in [1.54, 1.807) is 11.3 Å². The van der Waals surface area contributed by atoms with Crippen LogP contribution in [0.3, 0.4) is 0 Å². The molecular formula is C18H26O3SSi. The molecule has 0 aliphatic heterocycles. The van der Waals surface area contributed by atoms with E-state index in [4.69, 9.17) is 9.16 Å². The van der Waals surface area contributed by atoms with Gasteiger partial charge in [0.2, 0.25) is 0 Å². The number of hydrogen-bond donors (Lipinski definition) is 0. The van der Waals surface area contributed by atoms with E-state index in [-0.39, 0.29) is 11.0 Å². The SMILES string of the molecule is CCOC(=O)c1cc(O[Si](C)(C)C(C)(C)C)c2cc(C)sc2c1. The Kier molecular flexibility index (Phi) is 4.92. The summed E-state index contributed by atoms with van der Waals surface area (Å²) in [6, 6.07) is 5.88. The molecule has 0 saturated heterocycles. The van der Waals surface area contributed by atoms with Crippen LogP contribution in [-0.4, -0.2) is 20.9 Å². The summed E-state index contributed by atoms with van der Waals surface area (Å²) in [6.07, 6.45) is 0. The summed E-state index contributed by atoms with van der Waals surface area (Å²) in [6.45, 7) is 15.3. The summed E-state index contributed by atoms with van der Waals surface area (Å²) < 4.78 is 12.7. The van der Waals surface area contributed by atoms with Gasteiger partial charge in [0.1, 0.15) is 5.75 Å². The first-order valence-electron chi connectivity index (χ1n) is 7.95. The highest BCUT2D eigenvalue weighted by Crippen LogP contribution is 2.41. The average molecular weight is 351 g/mol. The number of carbonyl (C=O) groups is 1. The Morgan fingerprint density at radius 3 is 2.43 bits per heavy atom. The maximum atomic E-state index is 12.1. The van der Waals surface area contributed by atoms with Crippen LogP contribution in [0.5, 0.6) is 5.75 Å². The number of benzene rings is 1. The molecule has 0 atom stereocenters. The summed E-state index contributed by atoms with van der Waals surface area (Å²) in [5.41, 5.74) is 0.565. The average Bonchev–Trinajstić information content (AvgIpc) is 2.78. The molecule has 126 valence electrons. The quantitative estimate of drug-likeness (QED) is 0.518. The minimum absolute atomic E-state index is 0.102. The summed E-state index contributed by atoms with van der Waals surface area (Å²) in [5.74, 6) is 0.516. The molecule has 0 radical (unpaired) electrons. The second-order valence-corrected chi connectivity index (χ2v) is 13.3. The molecule has 5 heteroatoms. The molecular weight excluding hydrogens is 324 g/mol. The second-order valence-electron chi connectivity index (χ2n) is 7.33. The van der Waals surface area contributed by atoms with Crippen molar-refractivity contribution in [1.82, 2.24) is 0 Å². The van der Waals surface area contributed by atoms with Crippen molar-refractivity contribution in [2.75, 3.05) is 6.61 Å². The van der Waals surface area contributed by atoms with Crippen LogP contribution in [0, 0.1) is 6.92 Å². The van der Waals surface area contributed by atoms with Crippen LogP contribution < -0.4 is 4.43 Å². The van der Waals surface area contributed by atoms with Crippen LogP contribution >= 0.6 is 11.3 Å². The highest BCUT2D eigenvalue weighted by molar-refractivity contribution is 7.19. The van der Waals surface area contributed by atoms with Crippen molar-refractivity contribution in [3.8, 4) is 5.75 Å². The van der Waals surface area contributed by atoms with Crippen molar-refractivity contribution < 1.29 is 14.0 Å². The molecule has 0 spiro atoms. The second kappa shape index (κ2) is 6.28. The molecule has 1 aromatic carbocycles. The van der Waals surface area contributed by atoms with Crippen molar-refractivity contribution in [2.45, 2.75) is 52.8 Å². The summed E-state index contributed by atoms with van der Waals surface area (Å²) in [7, 11) is -1.98. The van der Waals surface area contributed by atoms with Gasteiger partial charge in [-0.15, -0.1) is 11.3 Å². The van der Waals surface area contributed by atoms with Gasteiger partial charge in [0.25, 0.3) is 8.32 Å². The third-order valence-electron chi connectivity index (χ3n) is 4.41. The number of ether oxygens (including phenoxy) is 1. The van der Waals surface area contributed by atoms with Crippen LogP contribution in [0.4, 0.5) is 0 Å². The molecule has 23 heavy (non-hydrogen) atoms. The van der Waals surface area contributed by atoms with Crippen molar-refractivity contribution in [3.63, 3.8) is 0 Å². The normalized spacial score (nSPS) is 12.5. The van der Waals surface area contributed by atoms with Gasteiger partial charge in [-0.05, 0) is 50.2 Å². The number of esters is 1. The largest absolute Gasteiger partial charge is 0.543 e. The highest BCUT2D eigenvalue weighted by atomic mass is 32.1. The van der Waals surface area contributed by atoms with Crippen LogP contribution in [0.2, 0.25) is 18.1 Å². The molecule has 0 aliphatic rings. The Bertz CT molecular complexity index is 726. The minimum Gasteiger partial charge on any atom is -0.543 e. The molecule has 2 aromatic rings. The van der Waals surface area contributed by atoms with Crippen LogP contribution in [0.1, 0.15) is 42.9 Å². The molecule has 0 saturated carbocycles. The van der Waals surface area contributed by atoms with Crippen molar-refractivity contribution in [1.29, 1.82) is 0 Å². The lowest BCUT2D eigenvalue weighted by Crippen LogP contribution is -2.43. The Hall–Kier alpha value is -1.33. The maximum absolute atomic E-state index is 12.1. The number of fused-ring (bicyclic) bond motifs is 1. The van der Waals surface area contributed by atoms with E-state index < -0.39 is 8.32 Å². The number of thiophene rings is 1. The van der Waals surface area contributed by atoms with Crippen molar-refractivity contribution >= 4 is 35.7 Å². The van der Waals surface area contributed by atoms with E-state index in [0.29, 0.717) is 12.2 Å². The molecule has 0 amide bonds. The third-order valence-corrected chi connectivity index (χ3v) is 9.75. The van der Waals surface area contributed by atoms with Gasteiger partial charge >= 0.3 is 5.97 Å². The Morgan fingerprint density at radius 1 is 1.22 bits per heavy atom. The molecule has 0 N–H and O–H groups in total. The fraction of sp³-hybridized carbons (Fsp3) is 0.500. The van der Waals surface area contributed by atoms with Crippen molar-refractivity contribution in [3.05, 3.63) is 28.6 Å². The zero-order chi connectivity index (χ0) is 17.4. The number of aryl methyl sites for hydroxylation is 1.